The van der Waals surface area contributed by atoms with Crippen LogP contribution in [0.15, 0.2) is 24.3 Å². The van der Waals surface area contributed by atoms with Gasteiger partial charge in [-0.25, -0.2) is 0 Å². The van der Waals surface area contributed by atoms with Crippen molar-refractivity contribution in [3.63, 3.8) is 0 Å². The maximum absolute atomic E-state index is 11.6. The highest BCUT2D eigenvalue weighted by Crippen LogP contribution is 2.50. The van der Waals surface area contributed by atoms with Crippen molar-refractivity contribution in [3.05, 3.63) is 35.4 Å². The molecule has 1 heterocycles. The molecule has 1 aliphatic heterocycles. The van der Waals surface area contributed by atoms with E-state index in [0.29, 0.717) is 5.41 Å². The van der Waals surface area contributed by atoms with E-state index >= 15 is 0 Å². The third-order valence-electron chi connectivity index (χ3n) is 8.71. The molecule has 1 N–H and O–H groups in total. The van der Waals surface area contributed by atoms with E-state index in [1.807, 2.05) is 0 Å². The Hall–Kier alpha value is -1.35. The summed E-state index contributed by atoms with van der Waals surface area (Å²) in [6, 6.07) is 9.12. The number of amides is 1. The molecule has 1 saturated heterocycles. The molecule has 1 aromatic rings. The number of piperidine rings is 1. The van der Waals surface area contributed by atoms with E-state index in [4.69, 9.17) is 0 Å². The van der Waals surface area contributed by atoms with E-state index in [-0.39, 0.29) is 13.4 Å². The molecule has 1 amide bonds. The molecule has 2 bridgehead atoms. The van der Waals surface area contributed by atoms with Crippen molar-refractivity contribution in [2.45, 2.75) is 76.2 Å². The summed E-state index contributed by atoms with van der Waals surface area (Å²) in [5.41, 5.74) is 3.24. The maximum atomic E-state index is 11.6. The predicted molar refractivity (Wildman–Crippen MR) is 115 cm³/mol. The van der Waals surface area contributed by atoms with Crippen molar-refractivity contribution in [2.75, 3.05) is 19.6 Å². The molecular formula is C25H38N2O. The molecule has 0 radical (unpaired) electrons. The molecule has 0 aromatic heterocycles. The lowest BCUT2D eigenvalue weighted by Crippen LogP contribution is -2.46. The maximum Gasteiger partial charge on any atom is 0.217 e. The highest BCUT2D eigenvalue weighted by molar-refractivity contribution is 5.73. The zero-order chi connectivity index (χ0) is 19.1. The second kappa shape index (κ2) is 7.48. The average Bonchev–Trinajstić information content (AvgIpc) is 3.33. The molecule has 4 aliphatic rings. The largest absolute Gasteiger partial charge is 0.350 e. The first-order valence-electron chi connectivity index (χ1n) is 11.7. The Balaban J connectivity index is 0.00000205. The Bertz CT molecular complexity index is 727. The summed E-state index contributed by atoms with van der Waals surface area (Å²) in [7, 11) is 0. The normalized spacial score (nSPS) is 33.8. The number of hydrogen-bond donors (Lipinski definition) is 1. The zero-order valence-electron chi connectivity index (χ0n) is 17.5. The van der Waals surface area contributed by atoms with Gasteiger partial charge in [-0.2, -0.15) is 0 Å². The SMILES string of the molecule is CC(=O)N[C@H]1CCC2(CCN(CCC3CC4CCC3C4)CC2)c2ccccc21.[HH]. The van der Waals surface area contributed by atoms with Crippen LogP contribution in [0.4, 0.5) is 0 Å². The molecule has 3 fully saturated rings. The lowest BCUT2D eigenvalue weighted by atomic mass is 9.63. The minimum absolute atomic E-state index is 0. The fourth-order valence-corrected chi connectivity index (χ4v) is 7.19. The summed E-state index contributed by atoms with van der Waals surface area (Å²) in [6.07, 6.45) is 12.4. The van der Waals surface area contributed by atoms with Crippen molar-refractivity contribution in [3.8, 4) is 0 Å². The van der Waals surface area contributed by atoms with Gasteiger partial charge in [0.1, 0.15) is 0 Å². The summed E-state index contributed by atoms with van der Waals surface area (Å²) in [4.78, 5) is 14.4. The molecule has 154 valence electrons. The number of hydrogen-bond acceptors (Lipinski definition) is 2. The molecule has 3 aliphatic carbocycles. The van der Waals surface area contributed by atoms with Crippen molar-refractivity contribution in [1.29, 1.82) is 0 Å². The van der Waals surface area contributed by atoms with Crippen LogP contribution in [0, 0.1) is 17.8 Å². The Kier molecular flexibility index (Phi) is 4.99. The summed E-state index contributed by atoms with van der Waals surface area (Å²) < 4.78 is 0. The molecule has 3 heteroatoms. The van der Waals surface area contributed by atoms with Crippen LogP contribution in [0.5, 0.6) is 0 Å². The van der Waals surface area contributed by atoms with Crippen LogP contribution in [0.1, 0.15) is 83.3 Å². The number of carbonyl (C=O) groups excluding carboxylic acids is 1. The molecule has 28 heavy (non-hydrogen) atoms. The fraction of sp³-hybridized carbons (Fsp3) is 0.720. The minimum Gasteiger partial charge on any atom is -0.350 e. The van der Waals surface area contributed by atoms with Crippen molar-refractivity contribution in [1.82, 2.24) is 10.2 Å². The molecular weight excluding hydrogens is 344 g/mol. The van der Waals surface area contributed by atoms with Crippen molar-refractivity contribution < 1.29 is 6.22 Å². The van der Waals surface area contributed by atoms with Gasteiger partial charge in [0.05, 0.1) is 6.04 Å². The highest BCUT2D eigenvalue weighted by Gasteiger charge is 2.43. The summed E-state index contributed by atoms with van der Waals surface area (Å²) in [6.45, 7) is 5.46. The Morgan fingerprint density at radius 3 is 2.68 bits per heavy atom. The first-order valence-corrected chi connectivity index (χ1v) is 11.7. The number of rotatable bonds is 4. The molecule has 3 unspecified atom stereocenters. The Morgan fingerprint density at radius 1 is 1.14 bits per heavy atom. The molecule has 1 aromatic carbocycles. The van der Waals surface area contributed by atoms with E-state index < -0.39 is 0 Å². The standard InChI is InChI=1S/C25H36N2O.H2/c1-18(28)26-24-8-10-25(23-5-3-2-4-22(23)24)11-14-27(15-12-25)13-9-21-17-19-6-7-20(21)16-19;/h2-5,19-21,24H,6-17H2,1H3,(H,26,28);1H/t19?,20?,21?,24-;/m0./s1. The Labute approximate surface area is 171 Å². The number of nitrogens with zero attached hydrogens (tertiary/aromatic N) is 1. The smallest absolute Gasteiger partial charge is 0.217 e. The van der Waals surface area contributed by atoms with E-state index in [1.54, 1.807) is 13.3 Å². The van der Waals surface area contributed by atoms with Gasteiger partial charge in [-0.05, 0) is 105 Å². The summed E-state index contributed by atoms with van der Waals surface area (Å²) in [5.74, 6) is 3.27. The van der Waals surface area contributed by atoms with Crippen LogP contribution < -0.4 is 5.32 Å². The van der Waals surface area contributed by atoms with Gasteiger partial charge in [-0.1, -0.05) is 30.7 Å². The van der Waals surface area contributed by atoms with E-state index in [9.17, 15) is 4.79 Å². The van der Waals surface area contributed by atoms with Gasteiger partial charge in [0.25, 0.3) is 0 Å². The van der Waals surface area contributed by atoms with Crippen LogP contribution in [0.25, 0.3) is 0 Å². The molecule has 2 saturated carbocycles. The van der Waals surface area contributed by atoms with Gasteiger partial charge in [0.2, 0.25) is 5.91 Å². The summed E-state index contributed by atoms with van der Waals surface area (Å²) in [5, 5.41) is 3.18. The van der Waals surface area contributed by atoms with Gasteiger partial charge in [-0.15, -0.1) is 0 Å². The number of benzene rings is 1. The number of nitrogens with one attached hydrogen (secondary N) is 1. The van der Waals surface area contributed by atoms with Gasteiger partial charge in [-0.3, -0.25) is 4.79 Å². The first kappa shape index (κ1) is 18.7. The van der Waals surface area contributed by atoms with Gasteiger partial charge in [0, 0.05) is 8.35 Å². The number of likely N-dealkylation sites (tertiary alicyclic amines) is 1. The highest BCUT2D eigenvalue weighted by atomic mass is 16.1. The quantitative estimate of drug-likeness (QED) is 0.789. The minimum atomic E-state index is 0. The third kappa shape index (κ3) is 3.40. The first-order chi connectivity index (χ1) is 13.6. The molecule has 4 atom stereocenters. The van der Waals surface area contributed by atoms with Crippen molar-refractivity contribution >= 4 is 5.91 Å². The van der Waals surface area contributed by atoms with E-state index in [2.05, 4.69) is 34.5 Å². The second-order valence-corrected chi connectivity index (χ2v) is 10.2. The lowest BCUT2D eigenvalue weighted by Gasteiger charge is -2.47. The predicted octanol–water partition coefficient (Wildman–Crippen LogP) is 5.06. The monoisotopic (exact) mass is 382 g/mol. The lowest BCUT2D eigenvalue weighted by molar-refractivity contribution is -0.119. The van der Waals surface area contributed by atoms with Crippen molar-refractivity contribution in [2.24, 2.45) is 17.8 Å². The van der Waals surface area contributed by atoms with Crippen LogP contribution >= 0.6 is 0 Å². The Morgan fingerprint density at radius 2 is 1.96 bits per heavy atom. The molecule has 5 rings (SSSR count). The third-order valence-corrected chi connectivity index (χ3v) is 8.71. The van der Waals surface area contributed by atoms with Gasteiger partial charge >= 0.3 is 0 Å². The van der Waals surface area contributed by atoms with Crippen LogP contribution in [-0.4, -0.2) is 30.4 Å². The van der Waals surface area contributed by atoms with E-state index in [0.717, 1.165) is 24.2 Å². The van der Waals surface area contributed by atoms with Crippen LogP contribution in [0.3, 0.4) is 0 Å². The van der Waals surface area contributed by atoms with Crippen LogP contribution in [-0.2, 0) is 10.2 Å². The zero-order valence-corrected chi connectivity index (χ0v) is 17.5. The van der Waals surface area contributed by atoms with Gasteiger partial charge < -0.3 is 10.2 Å². The van der Waals surface area contributed by atoms with Crippen LogP contribution in [0.2, 0.25) is 0 Å². The van der Waals surface area contributed by atoms with E-state index in [1.165, 1.54) is 75.7 Å². The molecule has 3 nitrogen and oxygen atoms in total. The molecule has 1 spiro atoms. The fourth-order valence-electron chi connectivity index (χ4n) is 7.19. The topological polar surface area (TPSA) is 32.3 Å². The van der Waals surface area contributed by atoms with Gasteiger partial charge in [0.15, 0.2) is 0 Å². The number of fused-ring (bicyclic) bond motifs is 4. The number of carbonyl (C=O) groups is 1. The summed E-state index contributed by atoms with van der Waals surface area (Å²) >= 11 is 0. The second-order valence-electron chi connectivity index (χ2n) is 10.2. The average molecular weight is 383 g/mol.